The summed E-state index contributed by atoms with van der Waals surface area (Å²) in [5.41, 5.74) is 1.71. The van der Waals surface area contributed by atoms with E-state index in [1.54, 1.807) is 0 Å². The average molecular weight is 458 g/mol. The Balaban J connectivity index is 1.43. The van der Waals surface area contributed by atoms with Gasteiger partial charge in [-0.15, -0.1) is 10.2 Å². The summed E-state index contributed by atoms with van der Waals surface area (Å²) in [5, 5.41) is 17.9. The molecule has 0 bridgehead atoms. The van der Waals surface area contributed by atoms with Gasteiger partial charge >= 0.3 is 6.18 Å². The molecule has 1 aromatic carbocycles. The van der Waals surface area contributed by atoms with E-state index in [0.717, 1.165) is 60.5 Å². The number of carbonyl (C=O) groups is 1. The smallest absolute Gasteiger partial charge is 0.335 e. The molecule has 0 fully saturated rings. The summed E-state index contributed by atoms with van der Waals surface area (Å²) in [7, 11) is 0. The number of hydrogen-bond donors (Lipinski definition) is 3. The Morgan fingerprint density at radius 2 is 2.13 bits per heavy atom. The SMILES string of the molecule is Nn1c(SCC(=O)Nc2cc(C(F)(F)F)ccc2Cl)nnc1-c1n[nH]c2c1CCC2. The number of H-pyrrole nitrogens is 1. The number of halogens is 4. The number of aryl methyl sites for hydroxylation is 1. The lowest BCUT2D eigenvalue weighted by atomic mass is 10.2. The number of nitrogens with zero attached hydrogens (tertiary/aromatic N) is 4. The van der Waals surface area contributed by atoms with Crippen LogP contribution in [0.1, 0.15) is 23.2 Å². The van der Waals surface area contributed by atoms with Crippen LogP contribution in [0.3, 0.4) is 0 Å². The molecule has 8 nitrogen and oxygen atoms in total. The second-order valence-corrected chi connectivity index (χ2v) is 7.94. The van der Waals surface area contributed by atoms with E-state index >= 15 is 0 Å². The van der Waals surface area contributed by atoms with Crippen LogP contribution >= 0.6 is 23.4 Å². The van der Waals surface area contributed by atoms with Gasteiger partial charge in [0.15, 0.2) is 0 Å². The van der Waals surface area contributed by atoms with Gasteiger partial charge in [0, 0.05) is 11.3 Å². The van der Waals surface area contributed by atoms with Gasteiger partial charge in [-0.05, 0) is 37.5 Å². The second-order valence-electron chi connectivity index (χ2n) is 6.59. The van der Waals surface area contributed by atoms with Crippen molar-refractivity contribution < 1.29 is 18.0 Å². The normalized spacial score (nSPS) is 13.5. The number of aromatic amines is 1. The van der Waals surface area contributed by atoms with Crippen molar-refractivity contribution in [1.82, 2.24) is 25.1 Å². The summed E-state index contributed by atoms with van der Waals surface area (Å²) in [6, 6.07) is 2.71. The van der Waals surface area contributed by atoms with Crippen molar-refractivity contribution in [3.63, 3.8) is 0 Å². The number of nitrogens with one attached hydrogen (secondary N) is 2. The molecule has 158 valence electrons. The van der Waals surface area contributed by atoms with Crippen molar-refractivity contribution in [3.8, 4) is 11.5 Å². The quantitative estimate of drug-likeness (QED) is 0.400. The van der Waals surface area contributed by atoms with E-state index in [1.807, 2.05) is 0 Å². The van der Waals surface area contributed by atoms with Crippen LogP contribution in [0, 0.1) is 0 Å². The molecule has 30 heavy (non-hydrogen) atoms. The minimum Gasteiger partial charge on any atom is -0.335 e. The van der Waals surface area contributed by atoms with Gasteiger partial charge < -0.3 is 11.2 Å². The zero-order valence-corrected chi connectivity index (χ0v) is 16.8. The van der Waals surface area contributed by atoms with Gasteiger partial charge in [0.2, 0.25) is 16.9 Å². The molecule has 0 unspecified atom stereocenters. The molecule has 1 aliphatic carbocycles. The van der Waals surface area contributed by atoms with Crippen LogP contribution in [0.4, 0.5) is 18.9 Å². The molecule has 3 aromatic rings. The van der Waals surface area contributed by atoms with Gasteiger partial charge in [-0.1, -0.05) is 23.4 Å². The Kier molecular flexibility index (Phi) is 5.36. The number of hydrogen-bond acceptors (Lipinski definition) is 6. The fraction of sp³-hybridized carbons (Fsp3) is 0.294. The molecule has 1 aliphatic rings. The number of alkyl halides is 3. The zero-order valence-electron chi connectivity index (χ0n) is 15.3. The third-order valence-corrected chi connectivity index (χ3v) is 5.86. The standard InChI is InChI=1S/C17H15ClF3N7OS/c18-10-5-4-8(17(19,20)21)6-12(10)23-13(29)7-30-16-27-26-15(28(16)22)14-9-2-1-3-11(9)24-25-14/h4-6H,1-3,7,22H2,(H,23,29)(H,24,25). The molecule has 1 amide bonds. The van der Waals surface area contributed by atoms with E-state index in [-0.39, 0.29) is 21.6 Å². The maximum absolute atomic E-state index is 12.9. The maximum atomic E-state index is 12.9. The molecule has 4 rings (SSSR count). The number of amides is 1. The summed E-state index contributed by atoms with van der Waals surface area (Å²) < 4.78 is 39.8. The Hall–Kier alpha value is -2.73. The van der Waals surface area contributed by atoms with Gasteiger partial charge in [0.25, 0.3) is 0 Å². The monoisotopic (exact) mass is 457 g/mol. The number of nitrogen functional groups attached to an aromatic ring is 1. The van der Waals surface area contributed by atoms with Crippen LogP contribution in [0.2, 0.25) is 5.02 Å². The predicted molar refractivity (Wildman–Crippen MR) is 106 cm³/mol. The minimum atomic E-state index is -4.54. The molecule has 0 aliphatic heterocycles. The number of benzene rings is 1. The zero-order chi connectivity index (χ0) is 21.5. The average Bonchev–Trinajstić information content (AvgIpc) is 3.37. The predicted octanol–water partition coefficient (Wildman–Crippen LogP) is 3.27. The highest BCUT2D eigenvalue weighted by molar-refractivity contribution is 7.99. The molecule has 2 heterocycles. The number of aromatic nitrogens is 5. The number of thioether (sulfide) groups is 1. The molecule has 0 spiro atoms. The van der Waals surface area contributed by atoms with Gasteiger partial charge in [-0.2, -0.15) is 18.3 Å². The first kappa shape index (κ1) is 20.5. The molecule has 13 heteroatoms. The third kappa shape index (κ3) is 3.97. The van der Waals surface area contributed by atoms with E-state index in [0.29, 0.717) is 11.5 Å². The highest BCUT2D eigenvalue weighted by atomic mass is 35.5. The largest absolute Gasteiger partial charge is 0.416 e. The summed E-state index contributed by atoms with van der Waals surface area (Å²) in [5.74, 6) is 5.72. The van der Waals surface area contributed by atoms with Crippen LogP contribution in [0.25, 0.3) is 11.5 Å². The van der Waals surface area contributed by atoms with E-state index in [9.17, 15) is 18.0 Å². The first-order valence-electron chi connectivity index (χ1n) is 8.80. The summed E-state index contributed by atoms with van der Waals surface area (Å²) >= 11 is 6.88. The number of fused-ring (bicyclic) bond motifs is 1. The van der Waals surface area contributed by atoms with Crippen LogP contribution < -0.4 is 11.2 Å². The lowest BCUT2D eigenvalue weighted by molar-refractivity contribution is -0.137. The van der Waals surface area contributed by atoms with E-state index in [1.165, 1.54) is 4.68 Å². The Morgan fingerprint density at radius 3 is 2.90 bits per heavy atom. The van der Waals surface area contributed by atoms with E-state index < -0.39 is 17.6 Å². The molecule has 0 saturated heterocycles. The highest BCUT2D eigenvalue weighted by Gasteiger charge is 2.31. The van der Waals surface area contributed by atoms with Crippen molar-refractivity contribution in [2.75, 3.05) is 16.9 Å². The third-order valence-electron chi connectivity index (χ3n) is 4.58. The van der Waals surface area contributed by atoms with Gasteiger partial charge in [0.1, 0.15) is 5.69 Å². The van der Waals surface area contributed by atoms with Crippen molar-refractivity contribution >= 4 is 35.0 Å². The lowest BCUT2D eigenvalue weighted by Crippen LogP contribution is -2.17. The summed E-state index contributed by atoms with van der Waals surface area (Å²) in [6.07, 6.45) is -1.73. The Bertz CT molecular complexity index is 1110. The highest BCUT2D eigenvalue weighted by Crippen LogP contribution is 2.34. The molecular formula is C17H15ClF3N7OS. The number of nitrogens with two attached hydrogens (primary N) is 1. The summed E-state index contributed by atoms with van der Waals surface area (Å²) in [4.78, 5) is 12.2. The molecule has 2 aromatic heterocycles. The van der Waals surface area contributed by atoms with Crippen LogP contribution in [0.5, 0.6) is 0 Å². The first-order valence-corrected chi connectivity index (χ1v) is 10.2. The van der Waals surface area contributed by atoms with E-state index in [2.05, 4.69) is 25.7 Å². The fourth-order valence-corrected chi connectivity index (χ4v) is 3.98. The topological polar surface area (TPSA) is 115 Å². The number of carbonyl (C=O) groups excluding carboxylic acids is 1. The molecule has 0 saturated carbocycles. The van der Waals surface area contributed by atoms with Crippen LogP contribution in [0.15, 0.2) is 23.4 Å². The van der Waals surface area contributed by atoms with Gasteiger partial charge in [0.05, 0.1) is 22.0 Å². The minimum absolute atomic E-state index is 0.00184. The van der Waals surface area contributed by atoms with Gasteiger partial charge in [-0.3, -0.25) is 9.89 Å². The lowest BCUT2D eigenvalue weighted by Gasteiger charge is -2.11. The molecule has 0 radical (unpaired) electrons. The van der Waals surface area contributed by atoms with Crippen molar-refractivity contribution in [2.45, 2.75) is 30.6 Å². The van der Waals surface area contributed by atoms with E-state index in [4.69, 9.17) is 17.4 Å². The van der Waals surface area contributed by atoms with Crippen LogP contribution in [-0.4, -0.2) is 36.7 Å². The van der Waals surface area contributed by atoms with Crippen molar-refractivity contribution in [3.05, 3.63) is 40.0 Å². The number of anilines is 1. The number of rotatable bonds is 5. The maximum Gasteiger partial charge on any atom is 0.416 e. The second kappa shape index (κ2) is 7.84. The first-order chi connectivity index (χ1) is 14.2. The molecule has 4 N–H and O–H groups in total. The van der Waals surface area contributed by atoms with Crippen molar-refractivity contribution in [2.24, 2.45) is 0 Å². The molecular weight excluding hydrogens is 443 g/mol. The molecule has 0 atom stereocenters. The Morgan fingerprint density at radius 1 is 1.33 bits per heavy atom. The van der Waals surface area contributed by atoms with Crippen molar-refractivity contribution in [1.29, 1.82) is 0 Å². The van der Waals surface area contributed by atoms with Gasteiger partial charge in [-0.25, -0.2) is 4.68 Å². The fourth-order valence-electron chi connectivity index (χ4n) is 3.15. The van der Waals surface area contributed by atoms with Crippen LogP contribution in [-0.2, 0) is 23.8 Å². The Labute approximate surface area is 177 Å². The summed E-state index contributed by atoms with van der Waals surface area (Å²) in [6.45, 7) is 0.